The highest BCUT2D eigenvalue weighted by Gasteiger charge is 2.14. The number of aromatic nitrogens is 3. The summed E-state index contributed by atoms with van der Waals surface area (Å²) in [7, 11) is 0. The summed E-state index contributed by atoms with van der Waals surface area (Å²) in [6, 6.07) is 15.9. The minimum absolute atomic E-state index is 0.0136. The van der Waals surface area contributed by atoms with Gasteiger partial charge in [0.25, 0.3) is 0 Å². The third-order valence-corrected chi connectivity index (χ3v) is 3.53. The van der Waals surface area contributed by atoms with E-state index in [2.05, 4.69) is 10.1 Å². The van der Waals surface area contributed by atoms with Crippen molar-refractivity contribution in [3.8, 4) is 17.5 Å². The van der Waals surface area contributed by atoms with E-state index in [0.29, 0.717) is 22.0 Å². The van der Waals surface area contributed by atoms with Crippen LogP contribution in [0.4, 0.5) is 0 Å². The highest BCUT2D eigenvalue weighted by Crippen LogP contribution is 2.26. The molecule has 0 saturated carbocycles. The number of benzene rings is 1. The van der Waals surface area contributed by atoms with Gasteiger partial charge in [0.15, 0.2) is 11.5 Å². The maximum atomic E-state index is 10.4. The van der Waals surface area contributed by atoms with E-state index in [9.17, 15) is 10.4 Å². The van der Waals surface area contributed by atoms with Crippen LogP contribution in [0.15, 0.2) is 60.9 Å². The van der Waals surface area contributed by atoms with Gasteiger partial charge in [-0.15, -0.1) is 0 Å². The molecule has 3 rings (SSSR count). The molecule has 0 atom stereocenters. The van der Waals surface area contributed by atoms with Crippen LogP contribution in [0.2, 0.25) is 5.02 Å². The van der Waals surface area contributed by atoms with Crippen LogP contribution >= 0.6 is 11.6 Å². The zero-order valence-electron chi connectivity index (χ0n) is 11.9. The minimum Gasteiger partial charge on any atom is -0.504 e. The van der Waals surface area contributed by atoms with Crippen LogP contribution in [0.25, 0.3) is 22.8 Å². The van der Waals surface area contributed by atoms with E-state index in [0.717, 1.165) is 0 Å². The first-order chi connectivity index (χ1) is 11.2. The molecule has 2 heterocycles. The lowest BCUT2D eigenvalue weighted by Crippen LogP contribution is -2.01. The summed E-state index contributed by atoms with van der Waals surface area (Å²) >= 11 is 6.07. The van der Waals surface area contributed by atoms with Gasteiger partial charge >= 0.3 is 0 Å². The topological polar surface area (TPSA) is 74.7 Å². The van der Waals surface area contributed by atoms with Gasteiger partial charge in [-0.3, -0.25) is 4.98 Å². The minimum atomic E-state index is -0.228. The largest absolute Gasteiger partial charge is 0.504 e. The van der Waals surface area contributed by atoms with Gasteiger partial charge in [0, 0.05) is 18.0 Å². The maximum absolute atomic E-state index is 10.4. The molecule has 0 aliphatic rings. The number of hydrogen-bond acceptors (Lipinski definition) is 4. The number of halogens is 1. The lowest BCUT2D eigenvalue weighted by atomic mass is 10.1. The van der Waals surface area contributed by atoms with Gasteiger partial charge in [0.05, 0.1) is 10.7 Å². The fourth-order valence-electron chi connectivity index (χ4n) is 2.09. The van der Waals surface area contributed by atoms with Gasteiger partial charge in [0.2, 0.25) is 0 Å². The first kappa shape index (κ1) is 14.8. The summed E-state index contributed by atoms with van der Waals surface area (Å²) in [5.41, 5.74) is 1.65. The van der Waals surface area contributed by atoms with Crippen LogP contribution in [-0.4, -0.2) is 19.9 Å². The van der Waals surface area contributed by atoms with Crippen LogP contribution < -0.4 is 0 Å². The van der Waals surface area contributed by atoms with Crippen molar-refractivity contribution in [3.63, 3.8) is 0 Å². The van der Waals surface area contributed by atoms with Crippen molar-refractivity contribution < 1.29 is 5.11 Å². The number of nitrogens with zero attached hydrogens (tertiary/aromatic N) is 4. The average molecular weight is 323 g/mol. The van der Waals surface area contributed by atoms with E-state index in [4.69, 9.17) is 11.6 Å². The second-order valence-electron chi connectivity index (χ2n) is 4.65. The fraction of sp³-hybridized carbons (Fsp3) is 0. The first-order valence-corrected chi connectivity index (χ1v) is 7.14. The number of pyridine rings is 1. The van der Waals surface area contributed by atoms with Crippen molar-refractivity contribution in [2.24, 2.45) is 0 Å². The van der Waals surface area contributed by atoms with Gasteiger partial charge in [0.1, 0.15) is 11.8 Å². The predicted molar refractivity (Wildman–Crippen MR) is 88.3 cm³/mol. The fourth-order valence-corrected chi connectivity index (χ4v) is 2.32. The van der Waals surface area contributed by atoms with Crippen molar-refractivity contribution in [3.05, 3.63) is 71.5 Å². The van der Waals surface area contributed by atoms with Crippen LogP contribution in [-0.2, 0) is 0 Å². The molecule has 6 heteroatoms. The van der Waals surface area contributed by atoms with Crippen molar-refractivity contribution in [2.45, 2.75) is 0 Å². The Labute approximate surface area is 137 Å². The van der Waals surface area contributed by atoms with E-state index in [1.165, 1.54) is 4.68 Å². The van der Waals surface area contributed by atoms with E-state index in [1.807, 2.05) is 24.3 Å². The highest BCUT2D eigenvalue weighted by atomic mass is 35.5. The molecule has 0 amide bonds. The maximum Gasteiger partial charge on any atom is 0.184 e. The first-order valence-electron chi connectivity index (χ1n) is 6.76. The summed E-state index contributed by atoms with van der Waals surface area (Å²) < 4.78 is 1.31. The molecule has 0 unspecified atom stereocenters. The molecule has 0 spiro atoms. The number of nitriles is 1. The standard InChI is InChI=1S/C17H11ClN4O/c18-13-6-2-1-5-12(13)17(23)16(11-19)22-10-8-15(21-22)14-7-3-4-9-20-14/h1-10,23H. The molecule has 1 aromatic carbocycles. The van der Waals surface area contributed by atoms with E-state index >= 15 is 0 Å². The molecular formula is C17H11ClN4O. The molecule has 2 aromatic heterocycles. The molecule has 0 saturated heterocycles. The Morgan fingerprint density at radius 1 is 1.09 bits per heavy atom. The molecule has 0 fully saturated rings. The molecule has 0 aliphatic carbocycles. The Balaban J connectivity index is 2.06. The second kappa shape index (κ2) is 6.34. The Morgan fingerprint density at radius 2 is 1.87 bits per heavy atom. The number of aliphatic hydroxyl groups excluding tert-OH is 1. The van der Waals surface area contributed by atoms with Crippen molar-refractivity contribution in [1.82, 2.24) is 14.8 Å². The molecule has 0 aliphatic heterocycles. The Morgan fingerprint density at radius 3 is 2.57 bits per heavy atom. The van der Waals surface area contributed by atoms with E-state index < -0.39 is 0 Å². The van der Waals surface area contributed by atoms with Crippen LogP contribution in [0.5, 0.6) is 0 Å². The zero-order chi connectivity index (χ0) is 16.2. The molecule has 0 bridgehead atoms. The molecule has 5 nitrogen and oxygen atoms in total. The molecule has 23 heavy (non-hydrogen) atoms. The number of aliphatic hydroxyl groups is 1. The van der Waals surface area contributed by atoms with E-state index in [1.54, 1.807) is 42.7 Å². The van der Waals surface area contributed by atoms with Gasteiger partial charge < -0.3 is 5.11 Å². The van der Waals surface area contributed by atoms with Gasteiger partial charge in [-0.1, -0.05) is 29.8 Å². The Bertz CT molecular complexity index is 910. The van der Waals surface area contributed by atoms with Gasteiger partial charge in [-0.25, -0.2) is 4.68 Å². The molecular weight excluding hydrogens is 312 g/mol. The summed E-state index contributed by atoms with van der Waals surface area (Å²) in [6.45, 7) is 0. The Hall–Kier alpha value is -3.10. The van der Waals surface area contributed by atoms with Crippen molar-refractivity contribution in [1.29, 1.82) is 5.26 Å². The predicted octanol–water partition coefficient (Wildman–Crippen LogP) is 4.01. The number of hydrogen-bond donors (Lipinski definition) is 1. The molecule has 112 valence electrons. The quantitative estimate of drug-likeness (QED) is 0.584. The number of allylic oxidation sites excluding steroid dienone is 1. The summed E-state index contributed by atoms with van der Waals surface area (Å²) in [4.78, 5) is 4.21. The lowest BCUT2D eigenvalue weighted by molar-refractivity contribution is 0.511. The molecule has 3 aromatic rings. The molecule has 0 radical (unpaired) electrons. The molecule has 1 N–H and O–H groups in total. The normalized spacial score (nSPS) is 11.7. The van der Waals surface area contributed by atoms with Crippen LogP contribution in [0.3, 0.4) is 0 Å². The van der Waals surface area contributed by atoms with Crippen LogP contribution in [0, 0.1) is 11.3 Å². The van der Waals surface area contributed by atoms with Crippen molar-refractivity contribution in [2.75, 3.05) is 0 Å². The smallest absolute Gasteiger partial charge is 0.184 e. The van der Waals surface area contributed by atoms with Gasteiger partial charge in [-0.05, 0) is 30.3 Å². The van der Waals surface area contributed by atoms with Crippen molar-refractivity contribution >= 4 is 23.1 Å². The van der Waals surface area contributed by atoms with E-state index in [-0.39, 0.29) is 11.5 Å². The number of rotatable bonds is 3. The summed E-state index contributed by atoms with van der Waals surface area (Å²) in [5, 5.41) is 24.4. The monoisotopic (exact) mass is 322 g/mol. The highest BCUT2D eigenvalue weighted by molar-refractivity contribution is 6.32. The SMILES string of the molecule is N#CC(=C(O)c1ccccc1Cl)n1ccc(-c2ccccn2)n1. The average Bonchev–Trinajstić information content (AvgIpc) is 3.06. The Kier molecular flexibility index (Phi) is 4.09. The third-order valence-electron chi connectivity index (χ3n) is 3.20. The second-order valence-corrected chi connectivity index (χ2v) is 5.06. The van der Waals surface area contributed by atoms with Gasteiger partial charge in [-0.2, -0.15) is 10.4 Å². The van der Waals surface area contributed by atoms with Crippen LogP contribution in [0.1, 0.15) is 5.56 Å². The summed E-state index contributed by atoms with van der Waals surface area (Å²) in [6.07, 6.45) is 3.26. The third kappa shape index (κ3) is 2.93. The lowest BCUT2D eigenvalue weighted by Gasteiger charge is -2.06. The summed E-state index contributed by atoms with van der Waals surface area (Å²) in [5.74, 6) is -0.228. The zero-order valence-corrected chi connectivity index (χ0v) is 12.6.